The molecule has 0 heterocycles. The van der Waals surface area contributed by atoms with E-state index in [0.29, 0.717) is 23.2 Å². The molecule has 20 heavy (non-hydrogen) atoms. The summed E-state index contributed by atoms with van der Waals surface area (Å²) in [6, 6.07) is 5.16. The molecule has 1 saturated carbocycles. The van der Waals surface area contributed by atoms with Crippen molar-refractivity contribution in [2.75, 3.05) is 11.4 Å². The van der Waals surface area contributed by atoms with Crippen LogP contribution in [0.25, 0.3) is 0 Å². The first-order valence-electron chi connectivity index (χ1n) is 7.63. The van der Waals surface area contributed by atoms with Crippen molar-refractivity contribution >= 4 is 12.0 Å². The fourth-order valence-electron chi connectivity index (χ4n) is 3.02. The van der Waals surface area contributed by atoms with E-state index < -0.39 is 0 Å². The number of nitrogens with zero attached hydrogens (tertiary/aromatic N) is 1. The molecule has 2 rings (SSSR count). The molecule has 0 spiro atoms. The van der Waals surface area contributed by atoms with Crippen molar-refractivity contribution in [1.29, 1.82) is 0 Å². The van der Waals surface area contributed by atoms with E-state index in [9.17, 15) is 9.18 Å². The molecule has 0 aromatic heterocycles. The summed E-state index contributed by atoms with van der Waals surface area (Å²) in [6.07, 6.45) is 6.40. The van der Waals surface area contributed by atoms with Gasteiger partial charge in [0, 0.05) is 18.2 Å². The molecule has 1 aromatic carbocycles. The number of hydrogen-bond acceptors (Lipinski definition) is 2. The van der Waals surface area contributed by atoms with Gasteiger partial charge in [0.1, 0.15) is 5.82 Å². The third kappa shape index (κ3) is 3.38. The van der Waals surface area contributed by atoms with Crippen molar-refractivity contribution in [2.24, 2.45) is 5.92 Å². The van der Waals surface area contributed by atoms with Gasteiger partial charge >= 0.3 is 0 Å². The Labute approximate surface area is 121 Å². The Morgan fingerprint density at radius 1 is 1.35 bits per heavy atom. The Morgan fingerprint density at radius 3 is 2.65 bits per heavy atom. The Balaban J connectivity index is 2.31. The summed E-state index contributed by atoms with van der Waals surface area (Å²) < 4.78 is 14.3. The fourth-order valence-corrected chi connectivity index (χ4v) is 3.02. The summed E-state index contributed by atoms with van der Waals surface area (Å²) >= 11 is 0. The van der Waals surface area contributed by atoms with Crippen molar-refractivity contribution in [2.45, 2.75) is 52.0 Å². The molecular formula is C17H24FNO. The molecule has 0 unspecified atom stereocenters. The van der Waals surface area contributed by atoms with Gasteiger partial charge in [-0.05, 0) is 37.3 Å². The van der Waals surface area contributed by atoms with Crippen LogP contribution in [-0.2, 0) is 0 Å². The number of anilines is 1. The van der Waals surface area contributed by atoms with Gasteiger partial charge < -0.3 is 4.90 Å². The maximum Gasteiger partial charge on any atom is 0.152 e. The predicted molar refractivity (Wildman–Crippen MR) is 80.8 cm³/mol. The van der Waals surface area contributed by atoms with E-state index in [1.165, 1.54) is 18.9 Å². The Bertz CT molecular complexity index is 452. The molecule has 0 N–H and O–H groups in total. The number of aldehydes is 1. The minimum atomic E-state index is -0.273. The van der Waals surface area contributed by atoms with E-state index in [2.05, 4.69) is 18.7 Å². The van der Waals surface area contributed by atoms with Crippen LogP contribution in [0, 0.1) is 11.7 Å². The monoisotopic (exact) mass is 277 g/mol. The summed E-state index contributed by atoms with van der Waals surface area (Å²) in [4.78, 5) is 13.4. The number of para-hydroxylation sites is 1. The summed E-state index contributed by atoms with van der Waals surface area (Å²) in [5, 5.41) is 0. The number of rotatable bonds is 6. The maximum atomic E-state index is 14.3. The van der Waals surface area contributed by atoms with Crippen LogP contribution in [0.3, 0.4) is 0 Å². The van der Waals surface area contributed by atoms with Gasteiger partial charge in [0.25, 0.3) is 0 Å². The average molecular weight is 277 g/mol. The van der Waals surface area contributed by atoms with E-state index in [1.807, 2.05) is 0 Å². The summed E-state index contributed by atoms with van der Waals surface area (Å²) in [6.45, 7) is 5.17. The van der Waals surface area contributed by atoms with Crippen molar-refractivity contribution in [3.05, 3.63) is 29.6 Å². The molecule has 0 bridgehead atoms. The molecule has 2 nitrogen and oxygen atoms in total. The number of halogens is 1. The second-order valence-electron chi connectivity index (χ2n) is 6.11. The third-order valence-corrected chi connectivity index (χ3v) is 4.14. The SMILES string of the molecule is CC(C)CCN(c1c(F)cccc1C=O)C1CCCC1. The Hall–Kier alpha value is -1.38. The summed E-state index contributed by atoms with van der Waals surface area (Å²) in [5.74, 6) is 0.301. The molecule has 110 valence electrons. The van der Waals surface area contributed by atoms with E-state index in [-0.39, 0.29) is 5.82 Å². The van der Waals surface area contributed by atoms with Gasteiger partial charge in [-0.1, -0.05) is 32.8 Å². The summed E-state index contributed by atoms with van der Waals surface area (Å²) in [5.41, 5.74) is 0.982. The first-order chi connectivity index (χ1) is 9.63. The topological polar surface area (TPSA) is 20.3 Å². The predicted octanol–water partition coefficient (Wildman–Crippen LogP) is 4.43. The first kappa shape index (κ1) is 15.0. The lowest BCUT2D eigenvalue weighted by atomic mass is 10.1. The van der Waals surface area contributed by atoms with Crippen LogP contribution in [0.15, 0.2) is 18.2 Å². The molecule has 1 fully saturated rings. The van der Waals surface area contributed by atoms with Crippen LogP contribution in [0.4, 0.5) is 10.1 Å². The van der Waals surface area contributed by atoms with Crippen LogP contribution in [-0.4, -0.2) is 18.9 Å². The average Bonchev–Trinajstić information content (AvgIpc) is 2.94. The van der Waals surface area contributed by atoms with Crippen LogP contribution >= 0.6 is 0 Å². The van der Waals surface area contributed by atoms with E-state index in [0.717, 1.165) is 32.1 Å². The van der Waals surface area contributed by atoms with Gasteiger partial charge in [-0.3, -0.25) is 4.79 Å². The number of carbonyl (C=O) groups is 1. The van der Waals surface area contributed by atoms with Gasteiger partial charge in [0.2, 0.25) is 0 Å². The highest BCUT2D eigenvalue weighted by atomic mass is 19.1. The second-order valence-corrected chi connectivity index (χ2v) is 6.11. The van der Waals surface area contributed by atoms with Crippen LogP contribution in [0.2, 0.25) is 0 Å². The van der Waals surface area contributed by atoms with Gasteiger partial charge in [-0.2, -0.15) is 0 Å². The lowest BCUT2D eigenvalue weighted by molar-refractivity contribution is 0.112. The molecule has 0 aliphatic heterocycles. The van der Waals surface area contributed by atoms with Crippen LogP contribution < -0.4 is 4.90 Å². The molecule has 0 radical (unpaired) electrons. The zero-order chi connectivity index (χ0) is 14.5. The molecule has 1 aliphatic rings. The molecule has 0 saturated heterocycles. The lowest BCUT2D eigenvalue weighted by Crippen LogP contribution is -2.36. The largest absolute Gasteiger partial charge is 0.366 e. The van der Waals surface area contributed by atoms with Gasteiger partial charge in [0.15, 0.2) is 6.29 Å². The fraction of sp³-hybridized carbons (Fsp3) is 0.588. The van der Waals surface area contributed by atoms with Crippen LogP contribution in [0.1, 0.15) is 56.3 Å². The Kier molecular flexibility index (Phi) is 5.16. The molecule has 0 atom stereocenters. The molecule has 1 aromatic rings. The van der Waals surface area contributed by atoms with Gasteiger partial charge in [0.05, 0.1) is 5.69 Å². The van der Waals surface area contributed by atoms with Gasteiger partial charge in [-0.15, -0.1) is 0 Å². The smallest absolute Gasteiger partial charge is 0.152 e. The zero-order valence-corrected chi connectivity index (χ0v) is 12.4. The quantitative estimate of drug-likeness (QED) is 0.717. The highest BCUT2D eigenvalue weighted by Crippen LogP contribution is 2.32. The van der Waals surface area contributed by atoms with E-state index in [4.69, 9.17) is 0 Å². The minimum absolute atomic E-state index is 0.273. The molecule has 1 aliphatic carbocycles. The van der Waals surface area contributed by atoms with Crippen LogP contribution in [0.5, 0.6) is 0 Å². The summed E-state index contributed by atoms with van der Waals surface area (Å²) in [7, 11) is 0. The van der Waals surface area contributed by atoms with Crippen molar-refractivity contribution in [3.8, 4) is 0 Å². The van der Waals surface area contributed by atoms with Crippen molar-refractivity contribution in [3.63, 3.8) is 0 Å². The van der Waals surface area contributed by atoms with Crippen molar-refractivity contribution in [1.82, 2.24) is 0 Å². The first-order valence-corrected chi connectivity index (χ1v) is 7.63. The second kappa shape index (κ2) is 6.87. The lowest BCUT2D eigenvalue weighted by Gasteiger charge is -2.33. The van der Waals surface area contributed by atoms with E-state index >= 15 is 0 Å². The number of hydrogen-bond donors (Lipinski definition) is 0. The molecule has 3 heteroatoms. The van der Waals surface area contributed by atoms with Gasteiger partial charge in [-0.25, -0.2) is 4.39 Å². The highest BCUT2D eigenvalue weighted by molar-refractivity contribution is 5.85. The number of benzene rings is 1. The Morgan fingerprint density at radius 2 is 2.05 bits per heavy atom. The minimum Gasteiger partial charge on any atom is -0.366 e. The standard InChI is InChI=1S/C17H24FNO/c1-13(2)10-11-19(15-7-3-4-8-15)17-14(12-20)6-5-9-16(17)18/h5-6,9,12-13,15H,3-4,7-8,10-11H2,1-2H3. The highest BCUT2D eigenvalue weighted by Gasteiger charge is 2.26. The van der Waals surface area contributed by atoms with Crippen molar-refractivity contribution < 1.29 is 9.18 Å². The third-order valence-electron chi connectivity index (χ3n) is 4.14. The maximum absolute atomic E-state index is 14.3. The number of carbonyl (C=O) groups excluding carboxylic acids is 1. The molecular weight excluding hydrogens is 253 g/mol. The zero-order valence-electron chi connectivity index (χ0n) is 12.4. The molecule has 0 amide bonds. The normalized spacial score (nSPS) is 15.8. The van der Waals surface area contributed by atoms with E-state index in [1.54, 1.807) is 12.1 Å².